The number of ether oxygens (including phenoxy) is 2. The van der Waals surface area contributed by atoms with E-state index in [0.29, 0.717) is 17.9 Å². The van der Waals surface area contributed by atoms with Crippen molar-refractivity contribution in [2.75, 3.05) is 6.61 Å². The number of rotatable bonds is 5. The first-order chi connectivity index (χ1) is 12.1. The molecule has 0 bridgehead atoms. The zero-order chi connectivity index (χ0) is 17.8. The largest absolute Gasteiger partial charge is 0.462 e. The van der Waals surface area contributed by atoms with Crippen molar-refractivity contribution in [3.8, 4) is 11.6 Å². The second-order valence-electron chi connectivity index (χ2n) is 5.16. The fourth-order valence-electron chi connectivity index (χ4n) is 2.29. The molecule has 0 spiro atoms. The fourth-order valence-corrected chi connectivity index (χ4v) is 2.29. The molecule has 0 fully saturated rings. The maximum Gasteiger partial charge on any atom is 0.338 e. The Labute approximate surface area is 143 Å². The molecule has 0 aliphatic heterocycles. The van der Waals surface area contributed by atoms with Gasteiger partial charge in [-0.1, -0.05) is 12.1 Å². The molecular formula is C18H14N2O5. The van der Waals surface area contributed by atoms with E-state index in [1.54, 1.807) is 37.3 Å². The summed E-state index contributed by atoms with van der Waals surface area (Å²) in [5, 5.41) is 12.4. The van der Waals surface area contributed by atoms with Crippen molar-refractivity contribution >= 4 is 22.4 Å². The molecule has 2 aromatic carbocycles. The minimum absolute atomic E-state index is 0.0997. The molecule has 3 rings (SSSR count). The summed E-state index contributed by atoms with van der Waals surface area (Å²) < 4.78 is 10.6. The number of hydrogen-bond acceptors (Lipinski definition) is 6. The number of hydrogen-bond donors (Lipinski definition) is 0. The molecule has 0 aliphatic carbocycles. The number of esters is 1. The molecule has 0 aliphatic rings. The predicted octanol–water partition coefficient (Wildman–Crippen LogP) is 4.11. The van der Waals surface area contributed by atoms with Gasteiger partial charge < -0.3 is 9.47 Å². The molecule has 0 radical (unpaired) electrons. The SMILES string of the molecule is CCOC(=O)c1ccc2cc(Oc3ccc([N+](=O)[O-])cn3)ccc2c1. The van der Waals surface area contributed by atoms with Gasteiger partial charge in [-0.25, -0.2) is 9.78 Å². The number of pyridine rings is 1. The van der Waals surface area contributed by atoms with Gasteiger partial charge in [-0.05, 0) is 42.0 Å². The summed E-state index contributed by atoms with van der Waals surface area (Å²) in [5.41, 5.74) is 0.386. The van der Waals surface area contributed by atoms with Crippen molar-refractivity contribution < 1.29 is 19.2 Å². The summed E-state index contributed by atoms with van der Waals surface area (Å²) >= 11 is 0. The van der Waals surface area contributed by atoms with Crippen molar-refractivity contribution in [1.82, 2.24) is 4.98 Å². The van der Waals surface area contributed by atoms with Crippen LogP contribution in [0.4, 0.5) is 5.69 Å². The van der Waals surface area contributed by atoms with E-state index in [9.17, 15) is 14.9 Å². The summed E-state index contributed by atoms with van der Waals surface area (Å²) in [4.78, 5) is 25.8. The molecule has 126 valence electrons. The van der Waals surface area contributed by atoms with E-state index in [-0.39, 0.29) is 17.5 Å². The van der Waals surface area contributed by atoms with Crippen molar-refractivity contribution in [3.05, 3.63) is 70.4 Å². The average Bonchev–Trinajstić information content (AvgIpc) is 2.62. The second-order valence-corrected chi connectivity index (χ2v) is 5.16. The molecule has 1 aromatic heterocycles. The number of fused-ring (bicyclic) bond motifs is 1. The van der Waals surface area contributed by atoms with Gasteiger partial charge >= 0.3 is 5.97 Å². The van der Waals surface area contributed by atoms with Crippen LogP contribution < -0.4 is 4.74 Å². The smallest absolute Gasteiger partial charge is 0.338 e. The first-order valence-corrected chi connectivity index (χ1v) is 7.56. The molecule has 0 N–H and O–H groups in total. The molecule has 0 unspecified atom stereocenters. The number of nitro groups is 1. The molecule has 0 saturated carbocycles. The monoisotopic (exact) mass is 338 g/mol. The Hall–Kier alpha value is -3.48. The van der Waals surface area contributed by atoms with Crippen molar-refractivity contribution in [3.63, 3.8) is 0 Å². The molecule has 0 atom stereocenters. The highest BCUT2D eigenvalue weighted by Crippen LogP contribution is 2.26. The van der Waals surface area contributed by atoms with Gasteiger partial charge in [0.25, 0.3) is 5.69 Å². The average molecular weight is 338 g/mol. The minimum Gasteiger partial charge on any atom is -0.462 e. The summed E-state index contributed by atoms with van der Waals surface area (Å²) in [5.74, 6) is 0.436. The van der Waals surface area contributed by atoms with Crippen LogP contribution in [-0.4, -0.2) is 22.5 Å². The van der Waals surface area contributed by atoms with Gasteiger partial charge in [0.2, 0.25) is 5.88 Å². The summed E-state index contributed by atoms with van der Waals surface area (Å²) in [6.07, 6.45) is 1.14. The first kappa shape index (κ1) is 16.4. The van der Waals surface area contributed by atoms with Gasteiger partial charge in [-0.3, -0.25) is 10.1 Å². The van der Waals surface area contributed by atoms with E-state index in [1.165, 1.54) is 12.1 Å². The molecule has 7 nitrogen and oxygen atoms in total. The van der Waals surface area contributed by atoms with Crippen molar-refractivity contribution in [2.24, 2.45) is 0 Å². The van der Waals surface area contributed by atoms with Crippen LogP contribution in [0, 0.1) is 10.1 Å². The highest BCUT2D eigenvalue weighted by molar-refractivity contribution is 5.95. The Morgan fingerprint density at radius 3 is 2.56 bits per heavy atom. The zero-order valence-corrected chi connectivity index (χ0v) is 13.3. The van der Waals surface area contributed by atoms with Gasteiger partial charge in [0, 0.05) is 12.1 Å². The number of benzene rings is 2. The van der Waals surface area contributed by atoms with Crippen LogP contribution in [-0.2, 0) is 4.74 Å². The molecule has 0 saturated heterocycles. The summed E-state index contributed by atoms with van der Waals surface area (Å²) in [6.45, 7) is 2.08. The lowest BCUT2D eigenvalue weighted by Gasteiger charge is -2.07. The third-order valence-corrected chi connectivity index (χ3v) is 3.48. The topological polar surface area (TPSA) is 91.6 Å². The van der Waals surface area contributed by atoms with Crippen LogP contribution >= 0.6 is 0 Å². The number of nitrogens with zero attached hydrogens (tertiary/aromatic N) is 2. The highest BCUT2D eigenvalue weighted by Gasteiger charge is 2.09. The van der Waals surface area contributed by atoms with Crippen LogP contribution in [0.5, 0.6) is 11.6 Å². The molecule has 0 amide bonds. The molecule has 7 heteroatoms. The minimum atomic E-state index is -0.520. The van der Waals surface area contributed by atoms with E-state index >= 15 is 0 Å². The van der Waals surface area contributed by atoms with Gasteiger partial charge in [-0.15, -0.1) is 0 Å². The van der Waals surface area contributed by atoms with Crippen LogP contribution in [0.15, 0.2) is 54.7 Å². The summed E-state index contributed by atoms with van der Waals surface area (Å²) in [6, 6.07) is 13.4. The maximum atomic E-state index is 11.8. The summed E-state index contributed by atoms with van der Waals surface area (Å²) in [7, 11) is 0. The van der Waals surface area contributed by atoms with Gasteiger partial charge in [0.15, 0.2) is 0 Å². The van der Waals surface area contributed by atoms with E-state index in [0.717, 1.165) is 17.0 Å². The van der Waals surface area contributed by atoms with Gasteiger partial charge in [0.1, 0.15) is 11.9 Å². The van der Waals surface area contributed by atoms with Crippen LogP contribution in [0.2, 0.25) is 0 Å². The Kier molecular flexibility index (Phi) is 4.56. The lowest BCUT2D eigenvalue weighted by atomic mass is 10.1. The Balaban J connectivity index is 1.82. The molecule has 1 heterocycles. The van der Waals surface area contributed by atoms with E-state index in [1.807, 2.05) is 6.07 Å². The zero-order valence-electron chi connectivity index (χ0n) is 13.3. The number of aromatic nitrogens is 1. The fraction of sp³-hybridized carbons (Fsp3) is 0.111. The van der Waals surface area contributed by atoms with Gasteiger partial charge in [0.05, 0.1) is 17.1 Å². The number of carbonyl (C=O) groups excluding carboxylic acids is 1. The molecule has 25 heavy (non-hydrogen) atoms. The first-order valence-electron chi connectivity index (χ1n) is 7.56. The van der Waals surface area contributed by atoms with Crippen LogP contribution in [0.3, 0.4) is 0 Å². The van der Waals surface area contributed by atoms with Crippen LogP contribution in [0.1, 0.15) is 17.3 Å². The molecular weight excluding hydrogens is 324 g/mol. The normalized spacial score (nSPS) is 10.4. The standard InChI is InChI=1S/C18H14N2O5/c1-2-24-18(21)14-4-3-13-10-16(7-5-12(13)9-14)25-17-8-6-15(11-19-17)20(22)23/h3-11H,2H2,1H3. The van der Waals surface area contributed by atoms with Crippen molar-refractivity contribution in [2.45, 2.75) is 6.92 Å². The van der Waals surface area contributed by atoms with Gasteiger partial charge in [-0.2, -0.15) is 0 Å². The Morgan fingerprint density at radius 1 is 1.12 bits per heavy atom. The highest BCUT2D eigenvalue weighted by atomic mass is 16.6. The maximum absolute atomic E-state index is 11.8. The Bertz CT molecular complexity index is 938. The van der Waals surface area contributed by atoms with Crippen LogP contribution in [0.25, 0.3) is 10.8 Å². The quantitative estimate of drug-likeness (QED) is 0.395. The lowest BCUT2D eigenvalue weighted by Crippen LogP contribution is -2.04. The number of carbonyl (C=O) groups is 1. The third kappa shape index (κ3) is 3.72. The third-order valence-electron chi connectivity index (χ3n) is 3.48. The predicted molar refractivity (Wildman–Crippen MR) is 90.9 cm³/mol. The van der Waals surface area contributed by atoms with E-state index in [4.69, 9.17) is 9.47 Å². The second kappa shape index (κ2) is 6.96. The van der Waals surface area contributed by atoms with E-state index in [2.05, 4.69) is 4.98 Å². The lowest BCUT2D eigenvalue weighted by molar-refractivity contribution is -0.385. The molecule has 3 aromatic rings. The van der Waals surface area contributed by atoms with Crippen molar-refractivity contribution in [1.29, 1.82) is 0 Å². The Morgan fingerprint density at radius 2 is 1.88 bits per heavy atom. The van der Waals surface area contributed by atoms with E-state index < -0.39 is 4.92 Å².